The predicted molar refractivity (Wildman–Crippen MR) is 215 cm³/mol. The van der Waals surface area contributed by atoms with Gasteiger partial charge in [-0.2, -0.15) is 13.2 Å². The van der Waals surface area contributed by atoms with Crippen molar-refractivity contribution in [2.24, 2.45) is 5.92 Å². The topological polar surface area (TPSA) is 257 Å². The molecule has 2 amide bonds. The Morgan fingerprint density at radius 3 is 2.16 bits per heavy atom. The molecule has 0 radical (unpaired) electrons. The van der Waals surface area contributed by atoms with E-state index in [-0.39, 0.29) is 47.0 Å². The van der Waals surface area contributed by atoms with Crippen LogP contribution in [0.15, 0.2) is 72.8 Å². The van der Waals surface area contributed by atoms with Gasteiger partial charge in [-0.1, -0.05) is 48.0 Å². The molecule has 0 bridgehead atoms. The van der Waals surface area contributed by atoms with Gasteiger partial charge in [0.2, 0.25) is 5.91 Å². The van der Waals surface area contributed by atoms with E-state index >= 15 is 0 Å². The Labute approximate surface area is 358 Å². The number of aliphatic hydroxyl groups is 10. The summed E-state index contributed by atoms with van der Waals surface area (Å²) in [5.41, 5.74) is 0.771. The molecule has 5 atom stereocenters. The quantitative estimate of drug-likeness (QED) is 0.0681. The number of amides is 2. The number of carbonyl (C=O) groups is 2. The molecule has 4 aromatic rings. The number of hydrogen-bond acceptors (Lipinski definition) is 13. The summed E-state index contributed by atoms with van der Waals surface area (Å²) in [6.07, 6.45) is -15.3. The summed E-state index contributed by atoms with van der Waals surface area (Å²) in [6.45, 7) is -0.928. The summed E-state index contributed by atoms with van der Waals surface area (Å²) < 4.78 is 49.1. The third kappa shape index (κ3) is 10.7. The lowest BCUT2D eigenvalue weighted by molar-refractivity contribution is -0.318. The molecule has 3 aromatic carbocycles. The van der Waals surface area contributed by atoms with Crippen LogP contribution in [0.25, 0.3) is 11.1 Å². The lowest BCUT2D eigenvalue weighted by atomic mass is 9.87. The molecule has 0 fully saturated rings. The van der Waals surface area contributed by atoms with Crippen molar-refractivity contribution in [2.75, 3.05) is 25.7 Å². The first kappa shape index (κ1) is 48.4. The second-order valence-electron chi connectivity index (χ2n) is 15.2. The number of aliphatic hydroxyl groups excluding tert-OH is 5. The second-order valence-corrected chi connectivity index (χ2v) is 15.6. The maximum atomic E-state index is 14.5. The summed E-state index contributed by atoms with van der Waals surface area (Å²) in [5.74, 6) is -9.34. The van der Waals surface area contributed by atoms with Gasteiger partial charge in [0.25, 0.3) is 17.8 Å². The van der Waals surface area contributed by atoms with Gasteiger partial charge < -0.3 is 65.3 Å². The molecule has 62 heavy (non-hydrogen) atoms. The number of fused-ring (bicyclic) bond motifs is 2. The molecule has 2 heterocycles. The van der Waals surface area contributed by atoms with Crippen LogP contribution in [-0.4, -0.2) is 129 Å². The summed E-state index contributed by atoms with van der Waals surface area (Å²) >= 11 is 6.60. The number of halogens is 4. The molecule has 1 unspecified atom stereocenters. The number of rotatable bonds is 17. The van der Waals surface area contributed by atoms with Crippen molar-refractivity contribution in [3.05, 3.63) is 106 Å². The molecule has 0 saturated heterocycles. The van der Waals surface area contributed by atoms with E-state index < -0.39 is 98.1 Å². The number of anilines is 1. The molecule has 1 aliphatic rings. The second kappa shape index (κ2) is 19.4. The summed E-state index contributed by atoms with van der Waals surface area (Å²) in [5, 5.41) is 101. The highest BCUT2D eigenvalue weighted by atomic mass is 35.5. The maximum Gasteiger partial charge on any atom is 0.417 e. The Morgan fingerprint density at radius 1 is 0.871 bits per heavy atom. The normalized spacial score (nSPS) is 15.8. The minimum atomic E-state index is -4.70. The average molecular weight is 896 g/mol. The molecule has 0 saturated carbocycles. The standard InChI is InChI=1S/C42H49ClF3N3O13/c1-47(42(60,61)24(9-7-15-40(57,58)59)16-33(51)37(54)38(55)34(52)22-50)36(53)17-25-13-14-26-21-49(32-12-6-3-8-23(32)20-48(25)26)39(56)29-18-31(43)28(19-35(29)62-2)27-10-4-5-11-30(27)41(44,45)46/h3-6,8,10-14,18-19,24,33-34,37-38,50-52,54-55,57-61H,7,9,15-17,20-22H2,1-2H3/t24-,33?,34+,37+,38+/m0/s1. The fraction of sp³-hybridized carbons (Fsp3) is 0.429. The van der Waals surface area contributed by atoms with Gasteiger partial charge in [-0.3, -0.25) is 14.5 Å². The van der Waals surface area contributed by atoms with Crippen LogP contribution < -0.4 is 9.64 Å². The lowest BCUT2D eigenvalue weighted by Gasteiger charge is -2.40. The molecule has 1 aromatic heterocycles. The molecule has 1 aliphatic heterocycles. The van der Waals surface area contributed by atoms with Crippen LogP contribution in [0.3, 0.4) is 0 Å². The highest BCUT2D eigenvalue weighted by Gasteiger charge is 2.44. The third-order valence-corrected chi connectivity index (χ3v) is 11.4. The van der Waals surface area contributed by atoms with Crippen LogP contribution in [0.1, 0.15) is 58.6 Å². The van der Waals surface area contributed by atoms with Gasteiger partial charge in [-0.25, -0.2) is 0 Å². The van der Waals surface area contributed by atoms with Crippen molar-refractivity contribution in [1.29, 1.82) is 0 Å². The van der Waals surface area contributed by atoms with Crippen LogP contribution in [-0.2, 0) is 30.5 Å². The molecular weight excluding hydrogens is 847 g/mol. The molecule has 20 heteroatoms. The van der Waals surface area contributed by atoms with Crippen LogP contribution >= 0.6 is 11.6 Å². The molecule has 10 N–H and O–H groups in total. The van der Waals surface area contributed by atoms with Crippen LogP contribution in [0.2, 0.25) is 5.02 Å². The number of aromatic nitrogens is 1. The zero-order valence-corrected chi connectivity index (χ0v) is 34.3. The average Bonchev–Trinajstić information content (AvgIpc) is 3.50. The monoisotopic (exact) mass is 895 g/mol. The number of ether oxygens (including phenoxy) is 1. The fourth-order valence-corrected chi connectivity index (χ4v) is 7.81. The minimum Gasteiger partial charge on any atom is -0.496 e. The van der Waals surface area contributed by atoms with Gasteiger partial charge in [0.05, 0.1) is 43.9 Å². The third-order valence-electron chi connectivity index (χ3n) is 11.0. The zero-order chi connectivity index (χ0) is 45.9. The number of nitrogens with zero attached hydrogens (tertiary/aromatic N) is 3. The molecule has 338 valence electrons. The first-order valence-electron chi connectivity index (χ1n) is 19.3. The van der Waals surface area contributed by atoms with Crippen LogP contribution in [0.5, 0.6) is 5.75 Å². The highest BCUT2D eigenvalue weighted by Crippen LogP contribution is 2.43. The van der Waals surface area contributed by atoms with E-state index in [4.69, 9.17) is 21.4 Å². The van der Waals surface area contributed by atoms with E-state index in [9.17, 15) is 68.7 Å². The molecule has 0 aliphatic carbocycles. The number of methoxy groups -OCH3 is 1. The van der Waals surface area contributed by atoms with Gasteiger partial charge in [-0.15, -0.1) is 0 Å². The lowest BCUT2D eigenvalue weighted by Crippen LogP contribution is -2.57. The molecule has 16 nitrogen and oxygen atoms in total. The van der Waals surface area contributed by atoms with Crippen molar-refractivity contribution >= 4 is 29.1 Å². The fourth-order valence-electron chi connectivity index (χ4n) is 7.55. The summed E-state index contributed by atoms with van der Waals surface area (Å²) in [6, 6.07) is 17.5. The van der Waals surface area contributed by atoms with Crippen molar-refractivity contribution in [3.63, 3.8) is 0 Å². The Bertz CT molecular complexity index is 2210. The summed E-state index contributed by atoms with van der Waals surface area (Å²) in [4.78, 5) is 30.3. The Hall–Kier alpha value is -4.64. The Morgan fingerprint density at radius 2 is 1.52 bits per heavy atom. The van der Waals surface area contributed by atoms with Gasteiger partial charge in [-0.05, 0) is 66.8 Å². The van der Waals surface area contributed by atoms with E-state index in [2.05, 4.69) is 0 Å². The minimum absolute atomic E-state index is 0.00790. The van der Waals surface area contributed by atoms with E-state index in [0.717, 1.165) is 13.1 Å². The van der Waals surface area contributed by atoms with E-state index in [0.29, 0.717) is 27.5 Å². The summed E-state index contributed by atoms with van der Waals surface area (Å²) in [7, 11) is 2.31. The van der Waals surface area contributed by atoms with Crippen LogP contribution in [0.4, 0.5) is 18.9 Å². The number of hydrogen-bond donors (Lipinski definition) is 10. The zero-order valence-electron chi connectivity index (χ0n) is 33.5. The van der Waals surface area contributed by atoms with Crippen molar-refractivity contribution < 1.29 is 78.6 Å². The van der Waals surface area contributed by atoms with Gasteiger partial charge in [0.1, 0.15) is 24.1 Å². The van der Waals surface area contributed by atoms with Gasteiger partial charge >= 0.3 is 6.18 Å². The molecule has 0 spiro atoms. The van der Waals surface area contributed by atoms with Crippen molar-refractivity contribution in [2.45, 2.75) is 87.7 Å². The first-order valence-corrected chi connectivity index (χ1v) is 19.7. The molecular formula is C42H49ClF3N3O13. The largest absolute Gasteiger partial charge is 0.496 e. The SMILES string of the molecule is COc1cc(-c2ccccc2C(F)(F)F)c(Cl)cc1C(=O)N1Cc2ccc(CC(=O)N(C)C(O)(O)[C@@H](CCCC(O)(O)O)CC(O)[C@@H](O)[C@H](O)[C@H](O)CO)n2Cc2ccccc21. The number of alkyl halides is 3. The number of likely N-dealkylation sites (N-methyl/N-ethyl adjacent to an activating group) is 1. The van der Waals surface area contributed by atoms with Crippen LogP contribution in [0, 0.1) is 5.92 Å². The number of para-hydroxylation sites is 1. The first-order chi connectivity index (χ1) is 29.0. The Balaban J connectivity index is 1.42. The van der Waals surface area contributed by atoms with E-state index in [1.54, 1.807) is 41.0 Å². The predicted octanol–water partition coefficient (Wildman–Crippen LogP) is 1.93. The smallest absolute Gasteiger partial charge is 0.417 e. The maximum absolute atomic E-state index is 14.5. The number of benzene rings is 3. The van der Waals surface area contributed by atoms with Gasteiger partial charge in [0.15, 0.2) is 0 Å². The molecule has 5 rings (SSSR count). The van der Waals surface area contributed by atoms with Gasteiger partial charge in [0, 0.05) is 53.6 Å². The number of carbonyl (C=O) groups excluding carboxylic acids is 2. The van der Waals surface area contributed by atoms with E-state index in [1.807, 2.05) is 0 Å². The Kier molecular flexibility index (Phi) is 15.1. The van der Waals surface area contributed by atoms with Crippen molar-refractivity contribution in [1.82, 2.24) is 9.47 Å². The van der Waals surface area contributed by atoms with E-state index in [1.165, 1.54) is 42.3 Å². The van der Waals surface area contributed by atoms with Crippen molar-refractivity contribution in [3.8, 4) is 16.9 Å². The highest BCUT2D eigenvalue weighted by molar-refractivity contribution is 6.34.